The summed E-state index contributed by atoms with van der Waals surface area (Å²) in [6.45, 7) is 4.69. The van der Waals surface area contributed by atoms with E-state index in [4.69, 9.17) is 9.47 Å². The summed E-state index contributed by atoms with van der Waals surface area (Å²) < 4.78 is 37.4. The highest BCUT2D eigenvalue weighted by Gasteiger charge is 2.23. The van der Waals surface area contributed by atoms with Gasteiger partial charge < -0.3 is 9.47 Å². The third kappa shape index (κ3) is 5.90. The van der Waals surface area contributed by atoms with Gasteiger partial charge in [-0.3, -0.25) is 4.79 Å². The molecular weight excluding hydrogens is 382 g/mol. The summed E-state index contributed by atoms with van der Waals surface area (Å²) >= 11 is 0. The number of hydrogen-bond acceptors (Lipinski definition) is 6. The van der Waals surface area contributed by atoms with E-state index in [1.54, 1.807) is 45.0 Å². The molecule has 0 saturated heterocycles. The number of methoxy groups -OCH3 is 1. The summed E-state index contributed by atoms with van der Waals surface area (Å²) in [5.41, 5.74) is -0.251. The Bertz CT molecular complexity index is 959. The fourth-order valence-corrected chi connectivity index (χ4v) is 3.79. The van der Waals surface area contributed by atoms with Gasteiger partial charge in [0.15, 0.2) is 12.4 Å². The van der Waals surface area contributed by atoms with Crippen LogP contribution >= 0.6 is 0 Å². The second-order valence-corrected chi connectivity index (χ2v) is 8.79. The zero-order valence-corrected chi connectivity index (χ0v) is 17.0. The van der Waals surface area contributed by atoms with E-state index in [-0.39, 0.29) is 16.2 Å². The van der Waals surface area contributed by atoms with Crippen LogP contribution in [-0.2, 0) is 14.8 Å². The molecule has 0 saturated carbocycles. The number of ether oxygens (including phenoxy) is 2. The molecule has 0 aromatic heterocycles. The molecule has 2 rings (SSSR count). The molecule has 8 heteroatoms. The maximum atomic E-state index is 12.4. The SMILES string of the molecule is COc1ccc(C(=O)COC(=O)c2cccc(S(=O)(=O)NC(C)(C)C)c2)cc1. The van der Waals surface area contributed by atoms with E-state index in [1.165, 1.54) is 31.4 Å². The molecule has 0 aliphatic rings. The highest BCUT2D eigenvalue weighted by Crippen LogP contribution is 2.16. The van der Waals surface area contributed by atoms with Crippen molar-refractivity contribution in [3.8, 4) is 5.75 Å². The van der Waals surface area contributed by atoms with Crippen molar-refractivity contribution < 1.29 is 27.5 Å². The number of carbonyl (C=O) groups excluding carboxylic acids is 2. The van der Waals surface area contributed by atoms with E-state index in [2.05, 4.69) is 4.72 Å². The average molecular weight is 405 g/mol. The van der Waals surface area contributed by atoms with Crippen LogP contribution in [0.3, 0.4) is 0 Å². The third-order valence-electron chi connectivity index (χ3n) is 3.57. The van der Waals surface area contributed by atoms with Crippen LogP contribution in [-0.4, -0.2) is 39.4 Å². The summed E-state index contributed by atoms with van der Waals surface area (Å²) in [6.07, 6.45) is 0. The molecule has 2 aromatic carbocycles. The number of rotatable bonds is 7. The number of sulfonamides is 1. The molecule has 0 radical (unpaired) electrons. The third-order valence-corrected chi connectivity index (χ3v) is 5.32. The van der Waals surface area contributed by atoms with E-state index < -0.39 is 28.1 Å². The van der Waals surface area contributed by atoms with Gasteiger partial charge in [-0.2, -0.15) is 0 Å². The number of nitrogens with one attached hydrogen (secondary N) is 1. The van der Waals surface area contributed by atoms with Gasteiger partial charge in [-0.05, 0) is 63.2 Å². The van der Waals surface area contributed by atoms with Crippen LogP contribution in [0.1, 0.15) is 41.5 Å². The Hall–Kier alpha value is -2.71. The van der Waals surface area contributed by atoms with Crippen molar-refractivity contribution in [2.75, 3.05) is 13.7 Å². The minimum absolute atomic E-state index is 0.0410. The van der Waals surface area contributed by atoms with Gasteiger partial charge in [0.2, 0.25) is 10.0 Å². The molecule has 150 valence electrons. The van der Waals surface area contributed by atoms with E-state index in [0.717, 1.165) is 0 Å². The molecular formula is C20H23NO6S. The van der Waals surface area contributed by atoms with Crippen LogP contribution in [0.2, 0.25) is 0 Å². The normalized spacial score (nSPS) is 11.7. The van der Waals surface area contributed by atoms with Gasteiger partial charge in [0, 0.05) is 11.1 Å². The topological polar surface area (TPSA) is 98.8 Å². The Morgan fingerprint density at radius 1 is 1.00 bits per heavy atom. The number of hydrogen-bond donors (Lipinski definition) is 1. The fourth-order valence-electron chi connectivity index (χ4n) is 2.33. The van der Waals surface area contributed by atoms with Crippen molar-refractivity contribution >= 4 is 21.8 Å². The molecule has 0 aliphatic heterocycles. The lowest BCUT2D eigenvalue weighted by Gasteiger charge is -2.20. The van der Waals surface area contributed by atoms with Gasteiger partial charge in [0.25, 0.3) is 0 Å². The Morgan fingerprint density at radius 3 is 2.21 bits per heavy atom. The number of benzene rings is 2. The highest BCUT2D eigenvalue weighted by molar-refractivity contribution is 7.89. The molecule has 28 heavy (non-hydrogen) atoms. The number of ketones is 1. The van der Waals surface area contributed by atoms with Crippen LogP contribution in [0.4, 0.5) is 0 Å². The van der Waals surface area contributed by atoms with Gasteiger partial charge in [0.1, 0.15) is 5.75 Å². The van der Waals surface area contributed by atoms with Crippen LogP contribution in [0.5, 0.6) is 5.75 Å². The molecule has 0 bridgehead atoms. The molecule has 7 nitrogen and oxygen atoms in total. The predicted octanol–water partition coefficient (Wildman–Crippen LogP) is 2.81. The van der Waals surface area contributed by atoms with Crippen molar-refractivity contribution in [2.24, 2.45) is 0 Å². The number of carbonyl (C=O) groups is 2. The lowest BCUT2D eigenvalue weighted by molar-refractivity contribution is 0.0474. The summed E-state index contributed by atoms with van der Waals surface area (Å²) in [5, 5.41) is 0. The minimum atomic E-state index is -3.79. The quantitative estimate of drug-likeness (QED) is 0.562. The van der Waals surface area contributed by atoms with Crippen LogP contribution in [0, 0.1) is 0 Å². The van der Waals surface area contributed by atoms with Crippen molar-refractivity contribution in [2.45, 2.75) is 31.2 Å². The van der Waals surface area contributed by atoms with Crippen molar-refractivity contribution in [3.05, 3.63) is 59.7 Å². The molecule has 1 N–H and O–H groups in total. The average Bonchev–Trinajstić information content (AvgIpc) is 2.64. The van der Waals surface area contributed by atoms with Gasteiger partial charge in [-0.15, -0.1) is 0 Å². The second-order valence-electron chi connectivity index (χ2n) is 7.11. The van der Waals surface area contributed by atoms with Crippen LogP contribution in [0.25, 0.3) is 0 Å². The zero-order valence-electron chi connectivity index (χ0n) is 16.2. The van der Waals surface area contributed by atoms with Crippen molar-refractivity contribution in [1.82, 2.24) is 4.72 Å². The molecule has 2 aromatic rings. The van der Waals surface area contributed by atoms with Crippen LogP contribution < -0.4 is 9.46 Å². The number of Topliss-reactive ketones (excluding diaryl/α,β-unsaturated/α-hetero) is 1. The summed E-state index contributed by atoms with van der Waals surface area (Å²) in [7, 11) is -2.27. The largest absolute Gasteiger partial charge is 0.497 e. The van der Waals surface area contributed by atoms with Gasteiger partial charge >= 0.3 is 5.97 Å². The summed E-state index contributed by atoms with van der Waals surface area (Å²) in [5.74, 6) is -0.556. The first-order chi connectivity index (χ1) is 13.0. The van der Waals surface area contributed by atoms with Crippen LogP contribution in [0.15, 0.2) is 53.4 Å². The minimum Gasteiger partial charge on any atom is -0.497 e. The first-order valence-corrected chi connectivity index (χ1v) is 9.98. The first kappa shape index (κ1) is 21.6. The number of esters is 1. The first-order valence-electron chi connectivity index (χ1n) is 8.50. The molecule has 0 spiro atoms. The highest BCUT2D eigenvalue weighted by atomic mass is 32.2. The van der Waals surface area contributed by atoms with Gasteiger partial charge in [-0.1, -0.05) is 6.07 Å². The zero-order chi connectivity index (χ0) is 20.9. The molecule has 0 fully saturated rings. The Kier molecular flexibility index (Phi) is 6.58. The maximum Gasteiger partial charge on any atom is 0.338 e. The molecule has 0 unspecified atom stereocenters. The smallest absolute Gasteiger partial charge is 0.338 e. The fraction of sp³-hybridized carbons (Fsp3) is 0.300. The molecule has 0 aliphatic carbocycles. The maximum absolute atomic E-state index is 12.4. The second kappa shape index (κ2) is 8.53. The Labute approximate surface area is 164 Å². The Balaban J connectivity index is 2.07. The molecule has 0 atom stereocenters. The van der Waals surface area contributed by atoms with E-state index >= 15 is 0 Å². The predicted molar refractivity (Wildman–Crippen MR) is 104 cm³/mol. The van der Waals surface area contributed by atoms with E-state index in [1.807, 2.05) is 0 Å². The lowest BCUT2D eigenvalue weighted by Crippen LogP contribution is -2.40. The van der Waals surface area contributed by atoms with Gasteiger partial charge in [0.05, 0.1) is 17.6 Å². The van der Waals surface area contributed by atoms with E-state index in [0.29, 0.717) is 11.3 Å². The summed E-state index contributed by atoms with van der Waals surface area (Å²) in [4.78, 5) is 24.3. The molecule has 0 heterocycles. The van der Waals surface area contributed by atoms with Crippen molar-refractivity contribution in [3.63, 3.8) is 0 Å². The standard InChI is InChI=1S/C20H23NO6S/c1-20(2,3)21-28(24,25)17-7-5-6-15(12-17)19(23)27-13-18(22)14-8-10-16(26-4)11-9-14/h5-12,21H,13H2,1-4H3. The molecule has 0 amide bonds. The van der Waals surface area contributed by atoms with E-state index in [9.17, 15) is 18.0 Å². The monoisotopic (exact) mass is 405 g/mol. The summed E-state index contributed by atoms with van der Waals surface area (Å²) in [6, 6.07) is 11.9. The van der Waals surface area contributed by atoms with Crippen molar-refractivity contribution in [1.29, 1.82) is 0 Å². The Morgan fingerprint density at radius 2 is 1.64 bits per heavy atom. The van der Waals surface area contributed by atoms with Gasteiger partial charge in [-0.25, -0.2) is 17.9 Å². The lowest BCUT2D eigenvalue weighted by atomic mass is 10.1.